The van der Waals surface area contributed by atoms with Crippen molar-refractivity contribution in [1.82, 2.24) is 9.88 Å². The van der Waals surface area contributed by atoms with E-state index in [2.05, 4.69) is 21.7 Å². The summed E-state index contributed by atoms with van der Waals surface area (Å²) >= 11 is 3.17. The summed E-state index contributed by atoms with van der Waals surface area (Å²) in [5.74, 6) is 0.792. The van der Waals surface area contributed by atoms with E-state index in [1.807, 2.05) is 23.1 Å². The minimum Gasteiger partial charge on any atom is -0.497 e. The third-order valence-corrected chi connectivity index (χ3v) is 5.80. The zero-order chi connectivity index (χ0) is 15.8. The van der Waals surface area contributed by atoms with Crippen molar-refractivity contribution in [3.8, 4) is 5.75 Å². The number of hydrogen-bond donors (Lipinski definition) is 1. The van der Waals surface area contributed by atoms with E-state index >= 15 is 0 Å². The van der Waals surface area contributed by atoms with Crippen molar-refractivity contribution in [3.63, 3.8) is 0 Å². The molecule has 1 aliphatic heterocycles. The van der Waals surface area contributed by atoms with Crippen LogP contribution in [0.15, 0.2) is 29.6 Å². The molecule has 4 rings (SSSR count). The maximum absolute atomic E-state index is 12.5. The molecule has 0 saturated heterocycles. The molecular weight excluding hydrogens is 330 g/mol. The smallest absolute Gasteiger partial charge is 0.323 e. The maximum Gasteiger partial charge on any atom is 0.323 e. The summed E-state index contributed by atoms with van der Waals surface area (Å²) in [7, 11) is 1.64. The first kappa shape index (κ1) is 14.5. The molecule has 0 atom stereocenters. The molecule has 3 aromatic rings. The van der Waals surface area contributed by atoms with Gasteiger partial charge in [0.15, 0.2) is 5.13 Å². The topological polar surface area (TPSA) is 54.5 Å². The Bertz CT molecular complexity index is 871. The van der Waals surface area contributed by atoms with Crippen LogP contribution in [0.5, 0.6) is 5.75 Å². The number of amides is 2. The molecule has 0 fully saturated rings. The second-order valence-electron chi connectivity index (χ2n) is 5.32. The van der Waals surface area contributed by atoms with Crippen molar-refractivity contribution < 1.29 is 9.53 Å². The highest BCUT2D eigenvalue weighted by Gasteiger charge is 2.22. The summed E-state index contributed by atoms with van der Waals surface area (Å²) < 4.78 is 6.22. The molecule has 2 aromatic heterocycles. The van der Waals surface area contributed by atoms with Crippen molar-refractivity contribution in [1.29, 1.82) is 0 Å². The van der Waals surface area contributed by atoms with Crippen LogP contribution in [-0.2, 0) is 13.0 Å². The van der Waals surface area contributed by atoms with Crippen molar-refractivity contribution in [3.05, 3.63) is 40.1 Å². The Hall–Kier alpha value is -2.12. The molecule has 1 N–H and O–H groups in total. The monoisotopic (exact) mass is 345 g/mol. The van der Waals surface area contributed by atoms with E-state index in [0.29, 0.717) is 11.7 Å². The van der Waals surface area contributed by atoms with E-state index in [-0.39, 0.29) is 6.03 Å². The van der Waals surface area contributed by atoms with Crippen molar-refractivity contribution in [2.45, 2.75) is 13.0 Å². The Kier molecular flexibility index (Phi) is 3.66. The Morgan fingerprint density at radius 2 is 2.30 bits per heavy atom. The summed E-state index contributed by atoms with van der Waals surface area (Å²) in [5.41, 5.74) is 2.23. The van der Waals surface area contributed by atoms with Crippen LogP contribution >= 0.6 is 22.7 Å². The number of carbonyl (C=O) groups excluding carboxylic acids is 1. The van der Waals surface area contributed by atoms with Gasteiger partial charge < -0.3 is 9.64 Å². The fourth-order valence-corrected chi connectivity index (χ4v) is 4.50. The molecule has 118 valence electrons. The molecule has 3 heterocycles. The van der Waals surface area contributed by atoms with Crippen LogP contribution in [0.25, 0.3) is 10.2 Å². The van der Waals surface area contributed by atoms with E-state index in [1.165, 1.54) is 21.8 Å². The van der Waals surface area contributed by atoms with Crippen LogP contribution in [0.3, 0.4) is 0 Å². The van der Waals surface area contributed by atoms with Crippen LogP contribution in [0.1, 0.15) is 10.4 Å². The van der Waals surface area contributed by atoms with Gasteiger partial charge >= 0.3 is 6.03 Å². The molecule has 0 bridgehead atoms. The molecule has 0 aliphatic carbocycles. The van der Waals surface area contributed by atoms with Crippen molar-refractivity contribution in [2.75, 3.05) is 19.0 Å². The van der Waals surface area contributed by atoms with Gasteiger partial charge in [-0.2, -0.15) is 0 Å². The summed E-state index contributed by atoms with van der Waals surface area (Å²) in [6.45, 7) is 1.42. The van der Waals surface area contributed by atoms with Gasteiger partial charge in [-0.1, -0.05) is 11.3 Å². The Morgan fingerprint density at radius 3 is 3.17 bits per heavy atom. The first-order valence-corrected chi connectivity index (χ1v) is 8.98. The molecule has 7 heteroatoms. The highest BCUT2D eigenvalue weighted by atomic mass is 32.1. The van der Waals surface area contributed by atoms with Crippen LogP contribution in [0.2, 0.25) is 0 Å². The highest BCUT2D eigenvalue weighted by Crippen LogP contribution is 2.30. The second-order valence-corrected chi connectivity index (χ2v) is 7.35. The number of nitrogens with zero attached hydrogens (tertiary/aromatic N) is 2. The fraction of sp³-hybridized carbons (Fsp3) is 0.250. The van der Waals surface area contributed by atoms with E-state index in [1.54, 1.807) is 18.4 Å². The Morgan fingerprint density at radius 1 is 1.39 bits per heavy atom. The third-order valence-electron chi connectivity index (χ3n) is 3.92. The highest BCUT2D eigenvalue weighted by molar-refractivity contribution is 7.22. The number of thiophene rings is 1. The van der Waals surface area contributed by atoms with Gasteiger partial charge in [0, 0.05) is 11.4 Å². The van der Waals surface area contributed by atoms with Gasteiger partial charge in [0.25, 0.3) is 0 Å². The number of anilines is 1. The molecule has 0 saturated carbocycles. The molecular formula is C16H15N3O2S2. The molecule has 5 nitrogen and oxygen atoms in total. The first-order chi connectivity index (χ1) is 11.2. The summed E-state index contributed by atoms with van der Waals surface area (Å²) in [6.07, 6.45) is 0.920. The van der Waals surface area contributed by atoms with Gasteiger partial charge in [-0.25, -0.2) is 9.78 Å². The van der Waals surface area contributed by atoms with Gasteiger partial charge in [-0.15, -0.1) is 11.3 Å². The SMILES string of the molecule is COc1ccc2nc(NC(=O)N3CCc4ccsc4C3)sc2c1. The average Bonchev–Trinajstić information content (AvgIpc) is 3.18. The van der Waals surface area contributed by atoms with Gasteiger partial charge in [0.1, 0.15) is 5.75 Å². The van der Waals surface area contributed by atoms with Gasteiger partial charge in [-0.05, 0) is 41.6 Å². The molecule has 0 spiro atoms. The van der Waals surface area contributed by atoms with Crippen LogP contribution in [0, 0.1) is 0 Å². The number of urea groups is 1. The zero-order valence-corrected chi connectivity index (χ0v) is 14.2. The van der Waals surface area contributed by atoms with Crippen molar-refractivity contribution >= 4 is 44.1 Å². The number of hydrogen-bond acceptors (Lipinski definition) is 5. The Labute approximate surface area is 141 Å². The predicted octanol–water partition coefficient (Wildman–Crippen LogP) is 3.96. The molecule has 23 heavy (non-hydrogen) atoms. The first-order valence-electron chi connectivity index (χ1n) is 7.28. The molecule has 1 aliphatic rings. The quantitative estimate of drug-likeness (QED) is 0.765. The Balaban J connectivity index is 1.50. The number of aromatic nitrogens is 1. The number of benzene rings is 1. The number of nitrogens with one attached hydrogen (secondary N) is 1. The van der Waals surface area contributed by atoms with E-state index in [0.717, 1.165) is 28.9 Å². The van der Waals surface area contributed by atoms with E-state index in [9.17, 15) is 4.79 Å². The number of fused-ring (bicyclic) bond motifs is 2. The summed E-state index contributed by atoms with van der Waals surface area (Å²) in [5, 5.41) is 5.63. The number of rotatable bonds is 2. The lowest BCUT2D eigenvalue weighted by Gasteiger charge is -2.26. The molecule has 2 amide bonds. The van der Waals surface area contributed by atoms with Crippen LogP contribution in [0.4, 0.5) is 9.93 Å². The number of ether oxygens (including phenoxy) is 1. The molecule has 0 unspecified atom stereocenters. The van der Waals surface area contributed by atoms with Crippen LogP contribution < -0.4 is 10.1 Å². The number of methoxy groups -OCH3 is 1. The predicted molar refractivity (Wildman–Crippen MR) is 93.6 cm³/mol. The standard InChI is InChI=1S/C16H15N3O2S2/c1-21-11-2-3-12-13(8-11)23-15(17-12)18-16(20)19-6-4-10-5-7-22-14(10)9-19/h2-3,5,7-8H,4,6,9H2,1H3,(H,17,18,20). The lowest BCUT2D eigenvalue weighted by molar-refractivity contribution is 0.207. The van der Waals surface area contributed by atoms with Crippen LogP contribution in [-0.4, -0.2) is 29.6 Å². The minimum absolute atomic E-state index is 0.0879. The number of carbonyl (C=O) groups is 1. The van der Waals surface area contributed by atoms with Gasteiger partial charge in [-0.3, -0.25) is 5.32 Å². The minimum atomic E-state index is -0.0879. The fourth-order valence-electron chi connectivity index (χ4n) is 2.67. The lowest BCUT2D eigenvalue weighted by Crippen LogP contribution is -2.38. The average molecular weight is 345 g/mol. The second kappa shape index (κ2) is 5.82. The largest absolute Gasteiger partial charge is 0.497 e. The maximum atomic E-state index is 12.5. The normalized spacial score (nSPS) is 13.9. The van der Waals surface area contributed by atoms with Gasteiger partial charge in [0.2, 0.25) is 0 Å². The lowest BCUT2D eigenvalue weighted by atomic mass is 10.1. The van der Waals surface area contributed by atoms with Gasteiger partial charge in [0.05, 0.1) is 23.9 Å². The van der Waals surface area contributed by atoms with E-state index in [4.69, 9.17) is 4.74 Å². The summed E-state index contributed by atoms with van der Waals surface area (Å²) in [4.78, 5) is 20.0. The summed E-state index contributed by atoms with van der Waals surface area (Å²) in [6, 6.07) is 7.77. The molecule has 0 radical (unpaired) electrons. The third kappa shape index (κ3) is 2.77. The van der Waals surface area contributed by atoms with E-state index < -0.39 is 0 Å². The molecule has 1 aromatic carbocycles. The number of thiazole rings is 1. The zero-order valence-electron chi connectivity index (χ0n) is 12.5. The van der Waals surface area contributed by atoms with Crippen molar-refractivity contribution in [2.24, 2.45) is 0 Å².